The molecule has 0 aliphatic heterocycles. The zero-order chi connectivity index (χ0) is 40.1. The first kappa shape index (κ1) is 39.9. The van der Waals surface area contributed by atoms with Crippen molar-refractivity contribution < 1.29 is 55.8 Å². The van der Waals surface area contributed by atoms with Crippen LogP contribution in [-0.4, -0.2) is 38.9 Å². The number of benzene rings is 6. The van der Waals surface area contributed by atoms with E-state index in [0.717, 1.165) is 0 Å². The van der Waals surface area contributed by atoms with Gasteiger partial charge in [-0.15, -0.1) is 0 Å². The highest BCUT2D eigenvalue weighted by Gasteiger charge is 2.31. The third-order valence-electron chi connectivity index (χ3n) is 8.19. The highest BCUT2D eigenvalue weighted by molar-refractivity contribution is 7.43. The molecule has 0 amide bonds. The van der Waals surface area contributed by atoms with Gasteiger partial charge in [0, 0.05) is 5.56 Å². The van der Waals surface area contributed by atoms with Crippen LogP contribution in [0.2, 0.25) is 0 Å². The number of ketones is 1. The minimum absolute atomic E-state index is 0.0592. The molecule has 0 aromatic heterocycles. The summed E-state index contributed by atoms with van der Waals surface area (Å²) >= 11 is 0. The van der Waals surface area contributed by atoms with Gasteiger partial charge < -0.3 is 36.6 Å². The molecule has 0 aliphatic rings. The van der Waals surface area contributed by atoms with E-state index in [1.54, 1.807) is 134 Å². The van der Waals surface area contributed by atoms with E-state index in [1.807, 2.05) is 0 Å². The van der Waals surface area contributed by atoms with Crippen molar-refractivity contribution in [2.24, 2.45) is 0 Å². The second kappa shape index (κ2) is 19.2. The van der Waals surface area contributed by atoms with Crippen molar-refractivity contribution >= 4 is 41.8 Å². The lowest BCUT2D eigenvalue weighted by molar-refractivity contribution is 0.103. The molecule has 14 heteroatoms. The van der Waals surface area contributed by atoms with Crippen LogP contribution in [-0.2, 0) is 0 Å². The van der Waals surface area contributed by atoms with Gasteiger partial charge in [-0.3, -0.25) is 19.2 Å². The number of hydrogen-bond acceptors (Lipinski definition) is 12. The molecule has 0 aliphatic carbocycles. The Bertz CT molecular complexity index is 2330. The van der Waals surface area contributed by atoms with Gasteiger partial charge in [-0.25, -0.2) is 0 Å². The van der Waals surface area contributed by atoms with Gasteiger partial charge in [0.05, 0.1) is 42.0 Å². The molecule has 0 saturated carbocycles. The van der Waals surface area contributed by atoms with E-state index < -0.39 is 23.0 Å². The van der Waals surface area contributed by atoms with E-state index in [-0.39, 0.29) is 62.3 Å². The van der Waals surface area contributed by atoms with Gasteiger partial charge in [0.2, 0.25) is 5.78 Å². The fourth-order valence-electron chi connectivity index (χ4n) is 5.34. The first-order chi connectivity index (χ1) is 27.9. The number of hydrogen-bond donors (Lipinski definition) is 0. The van der Waals surface area contributed by atoms with Crippen LogP contribution < -0.4 is 36.6 Å². The van der Waals surface area contributed by atoms with Crippen LogP contribution >= 0.6 is 17.2 Å². The Balaban J connectivity index is 1.40. The molecule has 0 heterocycles. The molecule has 6 aromatic rings. The lowest BCUT2D eigenvalue weighted by Crippen LogP contribution is -2.11. The summed E-state index contributed by atoms with van der Waals surface area (Å²) in [4.78, 5) is 50.4. The second-order valence-electron chi connectivity index (χ2n) is 11.7. The van der Waals surface area contributed by atoms with Gasteiger partial charge in [0.15, 0.2) is 30.4 Å². The number of ether oxygens (including phenoxy) is 2. The maximum atomic E-state index is 14.7. The average molecular weight is 805 g/mol. The third-order valence-corrected chi connectivity index (χ3v) is 10.3. The minimum atomic E-state index is -2.44. The molecule has 6 rings (SSSR count). The molecule has 6 aromatic carbocycles. The number of para-hydroxylation sites is 6. The minimum Gasteiger partial charge on any atom is -0.496 e. The summed E-state index contributed by atoms with van der Waals surface area (Å²) in [5.74, 6) is 1.15. The van der Waals surface area contributed by atoms with Gasteiger partial charge >= 0.3 is 17.2 Å². The summed E-state index contributed by atoms with van der Waals surface area (Å²) in [6.45, 7) is 1.71. The Morgan fingerprint density at radius 3 is 1.30 bits per heavy atom. The summed E-state index contributed by atoms with van der Waals surface area (Å²) in [6, 6.07) is 36.0. The van der Waals surface area contributed by atoms with Crippen LogP contribution in [0.15, 0.2) is 133 Å². The predicted octanol–water partition coefficient (Wildman–Crippen LogP) is 10.2. The van der Waals surface area contributed by atoms with Crippen LogP contribution in [0.5, 0.6) is 46.0 Å². The molecule has 12 nitrogen and oxygen atoms in total. The average Bonchev–Trinajstić information content (AvgIpc) is 3.25. The number of aldehydes is 3. The Kier molecular flexibility index (Phi) is 13.5. The smallest absolute Gasteiger partial charge is 0.496 e. The van der Waals surface area contributed by atoms with E-state index in [1.165, 1.54) is 20.3 Å². The Morgan fingerprint density at radius 1 is 0.421 bits per heavy atom. The molecule has 0 bridgehead atoms. The normalized spacial score (nSPS) is 11.1. The zero-order valence-corrected chi connectivity index (χ0v) is 32.5. The topological polar surface area (TPSA) is 142 Å². The van der Waals surface area contributed by atoms with Crippen molar-refractivity contribution in [3.8, 4) is 46.0 Å². The lowest BCUT2D eigenvalue weighted by Gasteiger charge is -2.23. The molecule has 288 valence electrons. The van der Waals surface area contributed by atoms with Crippen LogP contribution in [0.1, 0.15) is 52.6 Å². The van der Waals surface area contributed by atoms with Crippen molar-refractivity contribution in [1.29, 1.82) is 0 Å². The van der Waals surface area contributed by atoms with E-state index in [2.05, 4.69) is 0 Å². The number of carbonyl (C=O) groups is 4. The van der Waals surface area contributed by atoms with Crippen molar-refractivity contribution in [2.75, 3.05) is 14.2 Å². The van der Waals surface area contributed by atoms with E-state index in [9.17, 15) is 19.2 Å². The van der Waals surface area contributed by atoms with Crippen molar-refractivity contribution in [1.82, 2.24) is 0 Å². The highest BCUT2D eigenvalue weighted by atomic mass is 31.2. The first-order valence-corrected chi connectivity index (χ1v) is 19.3. The maximum Gasteiger partial charge on any atom is 0.530 e. The Hall–Kier alpha value is -6.74. The summed E-state index contributed by atoms with van der Waals surface area (Å²) in [5.41, 5.74) is 1.30. The molecule has 0 spiro atoms. The molecule has 0 N–H and O–H groups in total. The monoisotopic (exact) mass is 804 g/mol. The largest absolute Gasteiger partial charge is 0.530 e. The van der Waals surface area contributed by atoms with Crippen molar-refractivity contribution in [3.05, 3.63) is 167 Å². The van der Waals surface area contributed by atoms with Crippen LogP contribution in [0.4, 0.5) is 0 Å². The molecule has 1 atom stereocenters. The molecular weight excluding hydrogens is 770 g/mol. The summed E-state index contributed by atoms with van der Waals surface area (Å²) < 4.78 is 48.6. The third kappa shape index (κ3) is 9.56. The number of rotatable bonds is 19. The first-order valence-electron chi connectivity index (χ1n) is 17.1. The molecule has 0 fully saturated rings. The molecule has 1 unspecified atom stereocenters. The summed E-state index contributed by atoms with van der Waals surface area (Å²) in [6.07, 6.45) is 1.90. The number of carbonyl (C=O) groups excluding carboxylic acids is 4. The zero-order valence-electron chi connectivity index (χ0n) is 30.7. The fraction of sp³-hybridized carbons (Fsp3) is 0.0698. The molecule has 0 saturated heterocycles. The van der Waals surface area contributed by atoms with Crippen LogP contribution in [0, 0.1) is 6.92 Å². The van der Waals surface area contributed by atoms with Gasteiger partial charge in [-0.1, -0.05) is 60.7 Å². The SMILES string of the molecule is COc1ccccc1OP(Oc1ccccc1C=O)Oc1c(C(=O)c2ccccc2OP(Oc2ccccc2C=O)Oc2ccccc2C=O)ccc(OC)c1C. The summed E-state index contributed by atoms with van der Waals surface area (Å²) in [5, 5.41) is 0. The highest BCUT2D eigenvalue weighted by Crippen LogP contribution is 2.49. The second-order valence-corrected chi connectivity index (χ2v) is 13.7. The number of methoxy groups -OCH3 is 2. The Labute approximate surface area is 330 Å². The quantitative estimate of drug-likeness (QED) is 0.0437. The molecular formula is C43H34O12P2. The predicted molar refractivity (Wildman–Crippen MR) is 214 cm³/mol. The lowest BCUT2D eigenvalue weighted by atomic mass is 9.99. The van der Waals surface area contributed by atoms with Gasteiger partial charge in [-0.2, -0.15) is 0 Å². The maximum absolute atomic E-state index is 14.7. The van der Waals surface area contributed by atoms with Gasteiger partial charge in [0.1, 0.15) is 34.5 Å². The standard InChI is InChI=1S/C43H34O12P2/c1-29-35(48-2)25-24-34(43(29)55-57(52-38-20-10-6-16-32(38)28-46)54-41-23-13-12-22-40(41)49-3)42(47)33-17-7-11-21-39(33)53-56(50-36-18-8-4-14-30(36)26-44)51-37-19-9-5-15-31(37)27-45/h4-28H,1-3H3. The van der Waals surface area contributed by atoms with Crippen LogP contribution in [0.3, 0.4) is 0 Å². The van der Waals surface area contributed by atoms with Crippen molar-refractivity contribution in [3.63, 3.8) is 0 Å². The Morgan fingerprint density at radius 2 is 0.807 bits per heavy atom. The molecule has 57 heavy (non-hydrogen) atoms. The van der Waals surface area contributed by atoms with E-state index >= 15 is 0 Å². The van der Waals surface area contributed by atoms with Gasteiger partial charge in [0.25, 0.3) is 0 Å². The summed E-state index contributed by atoms with van der Waals surface area (Å²) in [7, 11) is -1.91. The molecule has 0 radical (unpaired) electrons. The van der Waals surface area contributed by atoms with E-state index in [4.69, 9.17) is 36.6 Å². The van der Waals surface area contributed by atoms with Crippen LogP contribution in [0.25, 0.3) is 0 Å². The fourth-order valence-corrected chi connectivity index (χ4v) is 7.56. The van der Waals surface area contributed by atoms with E-state index in [0.29, 0.717) is 35.9 Å². The van der Waals surface area contributed by atoms with Gasteiger partial charge in [-0.05, 0) is 79.7 Å². The van der Waals surface area contributed by atoms with Crippen molar-refractivity contribution in [2.45, 2.75) is 6.92 Å².